The number of hydrogen-bond donors (Lipinski definition) is 1. The molecule has 0 aromatic heterocycles. The molecule has 1 fully saturated rings. The molecule has 0 saturated heterocycles. The molecule has 3 heteroatoms. The van der Waals surface area contributed by atoms with Crippen molar-refractivity contribution in [2.24, 2.45) is 0 Å². The predicted molar refractivity (Wildman–Crippen MR) is 79.8 cm³/mol. The van der Waals surface area contributed by atoms with E-state index in [1.54, 1.807) is 6.07 Å². The maximum atomic E-state index is 13.0. The Hall–Kier alpha value is -1.35. The molecule has 0 heterocycles. The molecule has 1 saturated carbocycles. The molecule has 3 rings (SSSR count). The van der Waals surface area contributed by atoms with Gasteiger partial charge in [0, 0.05) is 16.7 Å². The molecule has 2 aromatic carbocycles. The first-order valence-corrected chi connectivity index (χ1v) is 7.29. The highest BCUT2D eigenvalue weighted by Gasteiger charge is 2.22. The van der Waals surface area contributed by atoms with Gasteiger partial charge in [0.1, 0.15) is 5.82 Å². The topological polar surface area (TPSA) is 12.0 Å². The van der Waals surface area contributed by atoms with Crippen LogP contribution < -0.4 is 5.32 Å². The van der Waals surface area contributed by atoms with Crippen LogP contribution in [0.15, 0.2) is 46.9 Å². The van der Waals surface area contributed by atoms with Crippen LogP contribution in [-0.4, -0.2) is 0 Å². The highest BCUT2D eigenvalue weighted by atomic mass is 79.9. The maximum Gasteiger partial charge on any atom is 0.124 e. The van der Waals surface area contributed by atoms with Crippen molar-refractivity contribution >= 4 is 21.6 Å². The number of anilines is 1. The molecule has 0 radical (unpaired) electrons. The van der Waals surface area contributed by atoms with Gasteiger partial charge < -0.3 is 5.32 Å². The van der Waals surface area contributed by atoms with Gasteiger partial charge in [-0.1, -0.05) is 24.3 Å². The van der Waals surface area contributed by atoms with E-state index in [0.29, 0.717) is 0 Å². The molecule has 0 spiro atoms. The van der Waals surface area contributed by atoms with E-state index >= 15 is 0 Å². The minimum absolute atomic E-state index is 0.230. The Balaban J connectivity index is 1.64. The lowest BCUT2D eigenvalue weighted by Gasteiger charge is -2.09. The third-order valence-electron chi connectivity index (χ3n) is 3.44. The van der Waals surface area contributed by atoms with Crippen molar-refractivity contribution in [3.8, 4) is 0 Å². The summed E-state index contributed by atoms with van der Waals surface area (Å²) in [5.74, 6) is 0.569. The van der Waals surface area contributed by atoms with Gasteiger partial charge in [-0.15, -0.1) is 0 Å². The van der Waals surface area contributed by atoms with Crippen molar-refractivity contribution in [2.45, 2.75) is 25.3 Å². The first-order chi connectivity index (χ1) is 9.22. The lowest BCUT2D eigenvalue weighted by atomic mass is 10.1. The predicted octanol–water partition coefficient (Wildman–Crippen LogP) is 5.08. The second-order valence-corrected chi connectivity index (χ2v) is 5.85. The van der Waals surface area contributed by atoms with Crippen molar-refractivity contribution < 1.29 is 4.39 Å². The Morgan fingerprint density at radius 2 is 1.84 bits per heavy atom. The zero-order valence-corrected chi connectivity index (χ0v) is 12.1. The fourth-order valence-electron chi connectivity index (χ4n) is 2.15. The molecule has 98 valence electrons. The number of halogens is 2. The maximum absolute atomic E-state index is 13.0. The molecule has 1 aliphatic carbocycles. The van der Waals surface area contributed by atoms with Crippen LogP contribution in [0.1, 0.15) is 29.9 Å². The fourth-order valence-corrected chi connectivity index (χ4v) is 2.65. The molecule has 19 heavy (non-hydrogen) atoms. The van der Waals surface area contributed by atoms with Crippen LogP contribution >= 0.6 is 15.9 Å². The second-order valence-electron chi connectivity index (χ2n) is 4.99. The van der Waals surface area contributed by atoms with E-state index < -0.39 is 0 Å². The van der Waals surface area contributed by atoms with E-state index in [1.165, 1.54) is 36.1 Å². The van der Waals surface area contributed by atoms with Crippen molar-refractivity contribution in [3.05, 3.63) is 63.9 Å². The average Bonchev–Trinajstić information content (AvgIpc) is 3.23. The van der Waals surface area contributed by atoms with Crippen LogP contribution in [0.25, 0.3) is 0 Å². The highest BCUT2D eigenvalue weighted by molar-refractivity contribution is 9.10. The molecule has 0 aliphatic heterocycles. The molecule has 1 N–H and O–H groups in total. The minimum Gasteiger partial charge on any atom is -0.380 e. The van der Waals surface area contributed by atoms with Gasteiger partial charge in [0.05, 0.1) is 0 Å². The van der Waals surface area contributed by atoms with Crippen molar-refractivity contribution in [2.75, 3.05) is 5.32 Å². The number of nitrogens with one attached hydrogen (secondary N) is 1. The average molecular weight is 320 g/mol. The molecule has 1 aliphatic rings. The van der Waals surface area contributed by atoms with Crippen molar-refractivity contribution in [1.82, 2.24) is 0 Å². The fraction of sp³-hybridized carbons (Fsp3) is 0.250. The number of rotatable bonds is 4. The van der Waals surface area contributed by atoms with E-state index in [1.807, 2.05) is 0 Å². The van der Waals surface area contributed by atoms with Gasteiger partial charge in [-0.25, -0.2) is 4.39 Å². The Bertz CT molecular complexity index is 576. The van der Waals surface area contributed by atoms with Crippen LogP contribution in [0.2, 0.25) is 0 Å². The Kier molecular flexibility index (Phi) is 3.56. The van der Waals surface area contributed by atoms with Gasteiger partial charge in [-0.2, -0.15) is 0 Å². The first-order valence-electron chi connectivity index (χ1n) is 6.50. The molecule has 0 bridgehead atoms. The second kappa shape index (κ2) is 5.33. The Morgan fingerprint density at radius 3 is 2.47 bits per heavy atom. The number of benzene rings is 2. The third kappa shape index (κ3) is 3.16. The van der Waals surface area contributed by atoms with Crippen LogP contribution in [0.5, 0.6) is 0 Å². The van der Waals surface area contributed by atoms with Crippen LogP contribution in [0, 0.1) is 5.82 Å². The zero-order chi connectivity index (χ0) is 13.2. The molecule has 2 aromatic rings. The molecular weight excluding hydrogens is 305 g/mol. The van der Waals surface area contributed by atoms with Gasteiger partial charge >= 0.3 is 0 Å². The molecule has 0 unspecified atom stereocenters. The zero-order valence-electron chi connectivity index (χ0n) is 10.5. The van der Waals surface area contributed by atoms with E-state index in [2.05, 4.69) is 45.5 Å². The highest BCUT2D eigenvalue weighted by Crippen LogP contribution is 2.39. The summed E-state index contributed by atoms with van der Waals surface area (Å²) < 4.78 is 13.7. The van der Waals surface area contributed by atoms with E-state index in [9.17, 15) is 4.39 Å². The third-order valence-corrected chi connectivity index (χ3v) is 4.10. The summed E-state index contributed by atoms with van der Waals surface area (Å²) >= 11 is 3.36. The number of hydrogen-bond acceptors (Lipinski definition) is 1. The standard InChI is InChI=1S/C16H15BrFN/c17-15-9-14(18)7-8-16(15)19-10-11-1-3-12(4-2-11)13-5-6-13/h1-4,7-9,13,19H,5-6,10H2. The van der Waals surface area contributed by atoms with Gasteiger partial charge in [0.2, 0.25) is 0 Å². The summed E-state index contributed by atoms with van der Waals surface area (Å²) in [7, 11) is 0. The molecular formula is C16H15BrFN. The lowest BCUT2D eigenvalue weighted by molar-refractivity contribution is 0.627. The Labute approximate surface area is 121 Å². The van der Waals surface area contributed by atoms with Crippen molar-refractivity contribution in [1.29, 1.82) is 0 Å². The summed E-state index contributed by atoms with van der Waals surface area (Å²) in [5, 5.41) is 3.31. The Morgan fingerprint density at radius 1 is 1.11 bits per heavy atom. The quantitative estimate of drug-likeness (QED) is 0.828. The minimum atomic E-state index is -0.230. The van der Waals surface area contributed by atoms with Crippen LogP contribution in [0.3, 0.4) is 0 Å². The summed E-state index contributed by atoms with van der Waals surface area (Å²) in [5.41, 5.74) is 3.60. The molecule has 0 amide bonds. The van der Waals surface area contributed by atoms with Gasteiger partial charge in [-0.3, -0.25) is 0 Å². The molecule has 0 atom stereocenters. The van der Waals surface area contributed by atoms with Crippen LogP contribution in [0.4, 0.5) is 10.1 Å². The van der Waals surface area contributed by atoms with E-state index in [4.69, 9.17) is 0 Å². The summed E-state index contributed by atoms with van der Waals surface area (Å²) in [6.45, 7) is 0.745. The lowest BCUT2D eigenvalue weighted by Crippen LogP contribution is -2.00. The summed E-state index contributed by atoms with van der Waals surface area (Å²) in [6.07, 6.45) is 2.67. The summed E-state index contributed by atoms with van der Waals surface area (Å²) in [6, 6.07) is 13.4. The van der Waals surface area contributed by atoms with Crippen LogP contribution in [-0.2, 0) is 6.54 Å². The SMILES string of the molecule is Fc1ccc(NCc2ccc(C3CC3)cc2)c(Br)c1. The van der Waals surface area contributed by atoms with E-state index in [-0.39, 0.29) is 5.82 Å². The largest absolute Gasteiger partial charge is 0.380 e. The smallest absolute Gasteiger partial charge is 0.124 e. The summed E-state index contributed by atoms with van der Waals surface area (Å²) in [4.78, 5) is 0. The van der Waals surface area contributed by atoms with E-state index in [0.717, 1.165) is 22.6 Å². The first kappa shape index (κ1) is 12.7. The van der Waals surface area contributed by atoms with Crippen molar-refractivity contribution in [3.63, 3.8) is 0 Å². The normalized spacial score (nSPS) is 14.4. The monoisotopic (exact) mass is 319 g/mol. The molecule has 1 nitrogen and oxygen atoms in total. The van der Waals surface area contributed by atoms with Gasteiger partial charge in [0.15, 0.2) is 0 Å². The van der Waals surface area contributed by atoms with Gasteiger partial charge in [-0.05, 0) is 64.0 Å². The van der Waals surface area contributed by atoms with Gasteiger partial charge in [0.25, 0.3) is 0 Å².